The summed E-state index contributed by atoms with van der Waals surface area (Å²) in [6, 6.07) is 10.8. The van der Waals surface area contributed by atoms with Crippen molar-refractivity contribution < 1.29 is 4.79 Å². The van der Waals surface area contributed by atoms with Crippen molar-refractivity contribution in [1.29, 1.82) is 0 Å². The van der Waals surface area contributed by atoms with Crippen molar-refractivity contribution in [3.8, 4) is 0 Å². The van der Waals surface area contributed by atoms with Gasteiger partial charge in [0.2, 0.25) is 0 Å². The van der Waals surface area contributed by atoms with Crippen LogP contribution in [0.1, 0.15) is 28.4 Å². The third-order valence-corrected chi connectivity index (χ3v) is 4.31. The number of likely N-dealkylation sites (tertiary alicyclic amines) is 1. The molecule has 0 spiro atoms. The highest BCUT2D eigenvalue weighted by Gasteiger charge is 2.29. The number of pyridine rings is 1. The average molecular weight is 321 g/mol. The first-order chi connectivity index (χ1) is 10.1. The maximum atomic E-state index is 12.6. The van der Waals surface area contributed by atoms with Crippen molar-refractivity contribution in [2.24, 2.45) is 0 Å². The second kappa shape index (κ2) is 6.04. The summed E-state index contributed by atoms with van der Waals surface area (Å²) in [6.45, 7) is 1.38. The summed E-state index contributed by atoms with van der Waals surface area (Å²) in [4.78, 5) is 18.7. The second-order valence-electron chi connectivity index (χ2n) is 5.12. The fourth-order valence-electron chi connectivity index (χ4n) is 2.64. The molecule has 0 bridgehead atoms. The lowest BCUT2D eigenvalue weighted by atomic mass is 10.0. The number of carbonyl (C=O) groups is 1. The number of carbonyl (C=O) groups excluding carboxylic acids is 1. The third-order valence-electron chi connectivity index (χ3n) is 3.74. The Morgan fingerprint density at radius 3 is 2.86 bits per heavy atom. The van der Waals surface area contributed by atoms with Gasteiger partial charge in [0.15, 0.2) is 0 Å². The van der Waals surface area contributed by atoms with Gasteiger partial charge in [0.05, 0.1) is 10.6 Å². The van der Waals surface area contributed by atoms with E-state index in [1.165, 1.54) is 0 Å². The molecule has 1 aromatic carbocycles. The number of hydrogen-bond donors (Lipinski definition) is 0. The van der Waals surface area contributed by atoms with Gasteiger partial charge in [0, 0.05) is 35.9 Å². The van der Waals surface area contributed by atoms with Crippen molar-refractivity contribution in [2.45, 2.75) is 12.3 Å². The molecule has 3 nitrogen and oxygen atoms in total. The molecule has 0 radical (unpaired) electrons. The summed E-state index contributed by atoms with van der Waals surface area (Å²) in [5, 5.41) is 0.953. The molecule has 0 saturated carbocycles. The molecule has 2 heterocycles. The smallest absolute Gasteiger partial charge is 0.255 e. The van der Waals surface area contributed by atoms with Crippen LogP contribution in [0.25, 0.3) is 0 Å². The minimum atomic E-state index is -0.0686. The molecule has 108 valence electrons. The Morgan fingerprint density at radius 2 is 2.10 bits per heavy atom. The summed E-state index contributed by atoms with van der Waals surface area (Å²) in [6.07, 6.45) is 2.70. The predicted molar refractivity (Wildman–Crippen MR) is 84.0 cm³/mol. The second-order valence-corrected chi connectivity index (χ2v) is 5.96. The largest absolute Gasteiger partial charge is 0.338 e. The van der Waals surface area contributed by atoms with E-state index in [0.717, 1.165) is 12.1 Å². The average Bonchev–Trinajstić information content (AvgIpc) is 3.00. The van der Waals surface area contributed by atoms with Crippen molar-refractivity contribution in [1.82, 2.24) is 9.88 Å². The fourth-order valence-corrected chi connectivity index (χ4v) is 3.01. The summed E-state index contributed by atoms with van der Waals surface area (Å²) < 4.78 is 0. The molecule has 2 aromatic rings. The van der Waals surface area contributed by atoms with Crippen molar-refractivity contribution in [3.05, 3.63) is 63.9 Å². The number of nitrogens with zero attached hydrogens (tertiary/aromatic N) is 2. The summed E-state index contributed by atoms with van der Waals surface area (Å²) in [5.74, 6) is 0.217. The van der Waals surface area contributed by atoms with Crippen LogP contribution in [0.5, 0.6) is 0 Å². The number of aromatic nitrogens is 1. The summed E-state index contributed by atoms with van der Waals surface area (Å²) in [7, 11) is 0. The quantitative estimate of drug-likeness (QED) is 0.837. The number of benzene rings is 1. The van der Waals surface area contributed by atoms with E-state index in [4.69, 9.17) is 23.2 Å². The molecule has 0 aliphatic carbocycles. The van der Waals surface area contributed by atoms with E-state index in [2.05, 4.69) is 4.98 Å². The molecule has 1 amide bonds. The van der Waals surface area contributed by atoms with Crippen LogP contribution in [0, 0.1) is 0 Å². The molecule has 1 atom stereocenters. The van der Waals surface area contributed by atoms with Crippen LogP contribution in [-0.4, -0.2) is 28.9 Å². The Kier molecular flexibility index (Phi) is 4.13. The molecule has 1 fully saturated rings. The van der Waals surface area contributed by atoms with Crippen LogP contribution >= 0.6 is 23.2 Å². The van der Waals surface area contributed by atoms with Crippen molar-refractivity contribution >= 4 is 29.1 Å². The Hall–Kier alpha value is -1.58. The highest BCUT2D eigenvalue weighted by molar-refractivity contribution is 6.35. The standard InChI is InChI=1S/C16H14Cl2N2O/c17-12-4-5-14(18)13(9-12)16(21)20-8-6-11(10-20)15-3-1-2-7-19-15/h1-5,7,9,11H,6,8,10H2/t11-/m0/s1. The number of rotatable bonds is 2. The third kappa shape index (κ3) is 3.04. The van der Waals surface area contributed by atoms with Crippen LogP contribution in [0.3, 0.4) is 0 Å². The summed E-state index contributed by atoms with van der Waals surface area (Å²) >= 11 is 12.1. The number of amides is 1. The van der Waals surface area contributed by atoms with Gasteiger partial charge in [0.1, 0.15) is 0 Å². The van der Waals surface area contributed by atoms with E-state index in [0.29, 0.717) is 28.7 Å². The molecule has 0 unspecified atom stereocenters. The topological polar surface area (TPSA) is 33.2 Å². The molecule has 1 saturated heterocycles. The first-order valence-electron chi connectivity index (χ1n) is 6.80. The van der Waals surface area contributed by atoms with Gasteiger partial charge in [-0.3, -0.25) is 9.78 Å². The maximum absolute atomic E-state index is 12.6. The minimum Gasteiger partial charge on any atom is -0.338 e. The lowest BCUT2D eigenvalue weighted by Crippen LogP contribution is -2.28. The Labute approximate surface area is 133 Å². The van der Waals surface area contributed by atoms with Crippen molar-refractivity contribution in [3.63, 3.8) is 0 Å². The molecule has 21 heavy (non-hydrogen) atoms. The van der Waals surface area contributed by atoms with Crippen LogP contribution in [0.2, 0.25) is 10.0 Å². The highest BCUT2D eigenvalue weighted by atomic mass is 35.5. The fraction of sp³-hybridized carbons (Fsp3) is 0.250. The van der Waals surface area contributed by atoms with E-state index in [9.17, 15) is 4.79 Å². The van der Waals surface area contributed by atoms with Gasteiger partial charge in [-0.25, -0.2) is 0 Å². The Morgan fingerprint density at radius 1 is 1.24 bits per heavy atom. The number of hydrogen-bond acceptors (Lipinski definition) is 2. The van der Waals surface area contributed by atoms with E-state index in [1.807, 2.05) is 23.1 Å². The lowest BCUT2D eigenvalue weighted by molar-refractivity contribution is 0.0791. The van der Waals surface area contributed by atoms with Gasteiger partial charge in [-0.05, 0) is 36.8 Å². The van der Waals surface area contributed by atoms with Crippen LogP contribution in [0.15, 0.2) is 42.6 Å². The van der Waals surface area contributed by atoms with Crippen LogP contribution in [-0.2, 0) is 0 Å². The molecule has 1 aromatic heterocycles. The van der Waals surface area contributed by atoms with E-state index in [-0.39, 0.29) is 11.8 Å². The molecule has 1 aliphatic rings. The molecule has 3 rings (SSSR count). The SMILES string of the molecule is O=C(c1cc(Cl)ccc1Cl)N1CC[C@H](c2ccccn2)C1. The zero-order chi connectivity index (χ0) is 14.8. The van der Waals surface area contributed by atoms with Gasteiger partial charge in [-0.1, -0.05) is 29.3 Å². The van der Waals surface area contributed by atoms with Crippen LogP contribution < -0.4 is 0 Å². The highest BCUT2D eigenvalue weighted by Crippen LogP contribution is 2.29. The molecular weight excluding hydrogens is 307 g/mol. The first-order valence-corrected chi connectivity index (χ1v) is 7.56. The first kappa shape index (κ1) is 14.4. The normalized spacial score (nSPS) is 18.0. The zero-order valence-electron chi connectivity index (χ0n) is 11.3. The maximum Gasteiger partial charge on any atom is 0.255 e. The van der Waals surface area contributed by atoms with Gasteiger partial charge >= 0.3 is 0 Å². The molecule has 5 heteroatoms. The summed E-state index contributed by atoms with van der Waals surface area (Å²) in [5.41, 5.74) is 1.50. The van der Waals surface area contributed by atoms with Gasteiger partial charge in [-0.2, -0.15) is 0 Å². The van der Waals surface area contributed by atoms with Gasteiger partial charge in [0.25, 0.3) is 5.91 Å². The zero-order valence-corrected chi connectivity index (χ0v) is 12.8. The van der Waals surface area contributed by atoms with Crippen molar-refractivity contribution in [2.75, 3.05) is 13.1 Å². The van der Waals surface area contributed by atoms with Gasteiger partial charge < -0.3 is 4.90 Å². The van der Waals surface area contributed by atoms with E-state index >= 15 is 0 Å². The lowest BCUT2D eigenvalue weighted by Gasteiger charge is -2.17. The molecule has 0 N–H and O–H groups in total. The van der Waals surface area contributed by atoms with Crippen LogP contribution in [0.4, 0.5) is 0 Å². The molecular formula is C16H14Cl2N2O. The Bertz CT molecular complexity index is 661. The molecule has 1 aliphatic heterocycles. The number of halogens is 2. The van der Waals surface area contributed by atoms with E-state index in [1.54, 1.807) is 24.4 Å². The minimum absolute atomic E-state index is 0.0686. The monoisotopic (exact) mass is 320 g/mol. The van der Waals surface area contributed by atoms with Gasteiger partial charge in [-0.15, -0.1) is 0 Å². The van der Waals surface area contributed by atoms with E-state index < -0.39 is 0 Å². The predicted octanol–water partition coefficient (Wildman–Crippen LogP) is 4.02. The Balaban J connectivity index is 1.77.